The van der Waals surface area contributed by atoms with Crippen molar-refractivity contribution >= 4 is 5.91 Å². The van der Waals surface area contributed by atoms with Crippen molar-refractivity contribution in [3.63, 3.8) is 0 Å². The largest absolute Gasteiger partial charge is 0.354 e. The number of piperidine rings is 2. The van der Waals surface area contributed by atoms with Crippen molar-refractivity contribution in [2.45, 2.75) is 64.8 Å². The first kappa shape index (κ1) is 17.7. The molecule has 2 saturated heterocycles. The van der Waals surface area contributed by atoms with Crippen LogP contribution in [0.4, 0.5) is 0 Å². The Labute approximate surface area is 136 Å². The van der Waals surface area contributed by atoms with Crippen molar-refractivity contribution in [1.29, 1.82) is 0 Å². The summed E-state index contributed by atoms with van der Waals surface area (Å²) in [7, 11) is 0. The van der Waals surface area contributed by atoms with E-state index in [-0.39, 0.29) is 11.4 Å². The van der Waals surface area contributed by atoms with E-state index in [2.05, 4.69) is 36.3 Å². The molecule has 1 unspecified atom stereocenters. The molecule has 0 bridgehead atoms. The predicted octanol–water partition coefficient (Wildman–Crippen LogP) is 2.39. The number of amides is 1. The van der Waals surface area contributed by atoms with E-state index in [9.17, 15) is 4.79 Å². The first-order chi connectivity index (χ1) is 10.5. The lowest BCUT2D eigenvalue weighted by Gasteiger charge is -2.43. The van der Waals surface area contributed by atoms with Gasteiger partial charge in [-0.25, -0.2) is 0 Å². The highest BCUT2D eigenvalue weighted by molar-refractivity contribution is 5.75. The molecule has 1 amide bonds. The van der Waals surface area contributed by atoms with Crippen molar-refractivity contribution < 1.29 is 4.79 Å². The third kappa shape index (κ3) is 5.54. The van der Waals surface area contributed by atoms with Gasteiger partial charge in [0.1, 0.15) is 0 Å². The normalized spacial score (nSPS) is 25.1. The van der Waals surface area contributed by atoms with Gasteiger partial charge >= 0.3 is 0 Å². The molecule has 0 aromatic rings. The zero-order chi connectivity index (χ0) is 16.0. The van der Waals surface area contributed by atoms with Gasteiger partial charge in [0.05, 0.1) is 0 Å². The van der Waals surface area contributed by atoms with Crippen LogP contribution in [-0.4, -0.2) is 49.1 Å². The van der Waals surface area contributed by atoms with Crippen LogP contribution < -0.4 is 10.6 Å². The maximum absolute atomic E-state index is 12.1. The van der Waals surface area contributed by atoms with E-state index >= 15 is 0 Å². The Morgan fingerprint density at radius 2 is 2.00 bits per heavy atom. The van der Waals surface area contributed by atoms with Crippen molar-refractivity contribution in [2.75, 3.05) is 32.7 Å². The summed E-state index contributed by atoms with van der Waals surface area (Å²) in [4.78, 5) is 14.7. The van der Waals surface area contributed by atoms with Gasteiger partial charge in [0.15, 0.2) is 0 Å². The van der Waals surface area contributed by atoms with Gasteiger partial charge < -0.3 is 10.6 Å². The summed E-state index contributed by atoms with van der Waals surface area (Å²) in [5, 5.41) is 6.56. The minimum atomic E-state index is 0.0686. The highest BCUT2D eigenvalue weighted by atomic mass is 16.1. The van der Waals surface area contributed by atoms with Gasteiger partial charge in [-0.05, 0) is 77.4 Å². The summed E-state index contributed by atoms with van der Waals surface area (Å²) in [6.45, 7) is 12.2. The van der Waals surface area contributed by atoms with Gasteiger partial charge in [-0.1, -0.05) is 6.92 Å². The van der Waals surface area contributed by atoms with E-state index in [1.165, 1.54) is 32.2 Å². The number of likely N-dealkylation sites (tertiary alicyclic amines) is 1. The lowest BCUT2D eigenvalue weighted by atomic mass is 9.92. The number of carbonyl (C=O) groups is 1. The average Bonchev–Trinajstić information content (AvgIpc) is 2.52. The van der Waals surface area contributed by atoms with Gasteiger partial charge in [-0.2, -0.15) is 0 Å². The molecular weight excluding hydrogens is 274 g/mol. The van der Waals surface area contributed by atoms with Crippen molar-refractivity contribution in [2.24, 2.45) is 11.8 Å². The van der Waals surface area contributed by atoms with E-state index in [1.807, 2.05) is 0 Å². The minimum Gasteiger partial charge on any atom is -0.354 e. The standard InChI is InChI=1S/C18H35N3O/c1-15-5-4-12-21(13-15)18(2,3)14-20-17(22)7-6-16-8-10-19-11-9-16/h15-16,19H,4-14H2,1-3H3,(H,20,22). The monoisotopic (exact) mass is 309 g/mol. The number of carbonyl (C=O) groups excluding carboxylic acids is 1. The van der Waals surface area contributed by atoms with Gasteiger partial charge in [-0.15, -0.1) is 0 Å². The maximum Gasteiger partial charge on any atom is 0.220 e. The van der Waals surface area contributed by atoms with Gasteiger partial charge in [0.25, 0.3) is 0 Å². The summed E-state index contributed by atoms with van der Waals surface area (Å²) < 4.78 is 0. The molecule has 2 aliphatic heterocycles. The summed E-state index contributed by atoms with van der Waals surface area (Å²) >= 11 is 0. The Bertz CT molecular complexity index is 350. The fourth-order valence-electron chi connectivity index (χ4n) is 3.76. The summed E-state index contributed by atoms with van der Waals surface area (Å²) in [6, 6.07) is 0. The first-order valence-corrected chi connectivity index (χ1v) is 9.20. The number of hydrogen-bond donors (Lipinski definition) is 2. The van der Waals surface area contributed by atoms with E-state index in [0.717, 1.165) is 44.4 Å². The average molecular weight is 309 g/mol. The molecule has 0 aromatic carbocycles. The molecule has 2 aliphatic rings. The molecule has 0 aliphatic carbocycles. The van der Waals surface area contributed by atoms with Gasteiger partial charge in [0.2, 0.25) is 5.91 Å². The van der Waals surface area contributed by atoms with Crippen molar-refractivity contribution in [1.82, 2.24) is 15.5 Å². The SMILES string of the molecule is CC1CCCN(C(C)(C)CNC(=O)CCC2CCNCC2)C1. The Morgan fingerprint density at radius 1 is 1.27 bits per heavy atom. The lowest BCUT2D eigenvalue weighted by Crippen LogP contribution is -2.54. The van der Waals surface area contributed by atoms with Crippen LogP contribution in [0.15, 0.2) is 0 Å². The van der Waals surface area contributed by atoms with Crippen molar-refractivity contribution in [3.8, 4) is 0 Å². The molecule has 2 fully saturated rings. The zero-order valence-corrected chi connectivity index (χ0v) is 14.8. The molecule has 2 N–H and O–H groups in total. The van der Waals surface area contributed by atoms with Gasteiger partial charge in [0, 0.05) is 25.0 Å². The van der Waals surface area contributed by atoms with E-state index in [0.29, 0.717) is 6.42 Å². The summed E-state index contributed by atoms with van der Waals surface area (Å²) in [6.07, 6.45) is 6.82. The first-order valence-electron chi connectivity index (χ1n) is 9.20. The van der Waals surface area contributed by atoms with Crippen molar-refractivity contribution in [3.05, 3.63) is 0 Å². The molecule has 128 valence electrons. The molecule has 4 nitrogen and oxygen atoms in total. The van der Waals surface area contributed by atoms with Crippen LogP contribution in [0, 0.1) is 11.8 Å². The molecular formula is C18H35N3O. The second kappa shape index (κ2) is 8.30. The predicted molar refractivity (Wildman–Crippen MR) is 91.9 cm³/mol. The van der Waals surface area contributed by atoms with Crippen LogP contribution >= 0.6 is 0 Å². The third-order valence-electron chi connectivity index (χ3n) is 5.47. The molecule has 0 aromatic heterocycles. The topological polar surface area (TPSA) is 44.4 Å². The third-order valence-corrected chi connectivity index (χ3v) is 5.47. The van der Waals surface area contributed by atoms with E-state index in [4.69, 9.17) is 0 Å². The second-order valence-electron chi connectivity index (χ2n) is 8.01. The molecule has 4 heteroatoms. The van der Waals surface area contributed by atoms with Crippen LogP contribution in [-0.2, 0) is 4.79 Å². The van der Waals surface area contributed by atoms with Crippen LogP contribution in [0.25, 0.3) is 0 Å². The molecule has 0 saturated carbocycles. The van der Waals surface area contributed by atoms with Crippen LogP contribution in [0.5, 0.6) is 0 Å². The number of rotatable bonds is 6. The van der Waals surface area contributed by atoms with E-state index < -0.39 is 0 Å². The molecule has 2 rings (SSSR count). The molecule has 22 heavy (non-hydrogen) atoms. The summed E-state index contributed by atoms with van der Waals surface area (Å²) in [5.41, 5.74) is 0.0686. The second-order valence-corrected chi connectivity index (χ2v) is 8.01. The Balaban J connectivity index is 1.67. The minimum absolute atomic E-state index is 0.0686. The highest BCUT2D eigenvalue weighted by Gasteiger charge is 2.30. The molecule has 1 atom stereocenters. The fourth-order valence-corrected chi connectivity index (χ4v) is 3.76. The Hall–Kier alpha value is -0.610. The van der Waals surface area contributed by atoms with Crippen LogP contribution in [0.3, 0.4) is 0 Å². The van der Waals surface area contributed by atoms with Crippen LogP contribution in [0.2, 0.25) is 0 Å². The number of nitrogens with one attached hydrogen (secondary N) is 2. The Kier molecular flexibility index (Phi) is 6.69. The smallest absolute Gasteiger partial charge is 0.220 e. The Morgan fingerprint density at radius 3 is 2.68 bits per heavy atom. The highest BCUT2D eigenvalue weighted by Crippen LogP contribution is 2.23. The molecule has 0 radical (unpaired) electrons. The summed E-state index contributed by atoms with van der Waals surface area (Å²) in [5.74, 6) is 1.75. The zero-order valence-electron chi connectivity index (χ0n) is 14.8. The van der Waals surface area contributed by atoms with Crippen LogP contribution in [0.1, 0.15) is 59.3 Å². The lowest BCUT2D eigenvalue weighted by molar-refractivity contribution is -0.122. The molecule has 0 spiro atoms. The van der Waals surface area contributed by atoms with Gasteiger partial charge in [-0.3, -0.25) is 9.69 Å². The molecule has 2 heterocycles. The number of nitrogens with zero attached hydrogens (tertiary/aromatic N) is 1. The fraction of sp³-hybridized carbons (Fsp3) is 0.944. The maximum atomic E-state index is 12.1. The van der Waals surface area contributed by atoms with E-state index in [1.54, 1.807) is 0 Å². The quantitative estimate of drug-likeness (QED) is 0.792. The number of hydrogen-bond acceptors (Lipinski definition) is 3.